The van der Waals surface area contributed by atoms with Crippen molar-refractivity contribution in [2.75, 3.05) is 20.3 Å². The highest BCUT2D eigenvalue weighted by Crippen LogP contribution is 2.28. The van der Waals surface area contributed by atoms with Crippen LogP contribution in [0.5, 0.6) is 17.5 Å². The fourth-order valence-corrected chi connectivity index (χ4v) is 3.16. The Bertz CT molecular complexity index is 1190. The number of aromatic nitrogens is 4. The second-order valence-corrected chi connectivity index (χ2v) is 6.86. The molecule has 0 aliphatic rings. The zero-order chi connectivity index (χ0) is 21.8. The summed E-state index contributed by atoms with van der Waals surface area (Å²) in [7, 11) is 6.30. The molecule has 0 aliphatic carbocycles. The number of ether oxygens (including phenoxy) is 3. The maximum Gasteiger partial charge on any atom is 0.332 e. The molecule has 0 saturated carbocycles. The van der Waals surface area contributed by atoms with E-state index in [1.807, 2.05) is 24.3 Å². The highest BCUT2D eigenvalue weighted by atomic mass is 16.5. The second-order valence-electron chi connectivity index (χ2n) is 6.86. The minimum absolute atomic E-state index is 0.273. The van der Waals surface area contributed by atoms with E-state index >= 15 is 0 Å². The lowest BCUT2D eigenvalue weighted by molar-refractivity contribution is 0.227. The smallest absolute Gasteiger partial charge is 0.332 e. The summed E-state index contributed by atoms with van der Waals surface area (Å²) < 4.78 is 20.8. The van der Waals surface area contributed by atoms with Crippen LogP contribution in [0.2, 0.25) is 0 Å². The second kappa shape index (κ2) is 8.89. The molecule has 3 aromatic rings. The van der Waals surface area contributed by atoms with Crippen LogP contribution < -0.4 is 25.5 Å². The van der Waals surface area contributed by atoms with Gasteiger partial charge >= 0.3 is 5.69 Å². The fraction of sp³-hybridized carbons (Fsp3) is 0.381. The lowest BCUT2D eigenvalue weighted by atomic mass is 10.1. The SMILES string of the molecule is C=CCc1ccc(OCCCOc2nc3c(c(=O)n(C)c(=O)n3C)n2C)c(OC)c1. The van der Waals surface area contributed by atoms with Gasteiger partial charge in [-0.1, -0.05) is 12.1 Å². The Morgan fingerprint density at radius 2 is 1.77 bits per heavy atom. The number of aryl methyl sites for hydroxylation is 2. The fourth-order valence-electron chi connectivity index (χ4n) is 3.16. The first kappa shape index (κ1) is 21.2. The van der Waals surface area contributed by atoms with Crippen LogP contribution in [0.15, 0.2) is 40.4 Å². The first-order valence-corrected chi connectivity index (χ1v) is 9.54. The molecule has 0 fully saturated rings. The van der Waals surface area contributed by atoms with Gasteiger partial charge in [0.05, 0.1) is 20.3 Å². The normalized spacial score (nSPS) is 10.9. The van der Waals surface area contributed by atoms with Crippen molar-refractivity contribution in [3.8, 4) is 17.5 Å². The van der Waals surface area contributed by atoms with Crippen LogP contribution in [-0.2, 0) is 27.6 Å². The van der Waals surface area contributed by atoms with Crippen molar-refractivity contribution in [3.05, 3.63) is 57.3 Å². The van der Waals surface area contributed by atoms with Gasteiger partial charge in [0.25, 0.3) is 11.6 Å². The van der Waals surface area contributed by atoms with E-state index < -0.39 is 11.2 Å². The molecule has 1 aromatic carbocycles. The van der Waals surface area contributed by atoms with E-state index in [0.717, 1.165) is 16.6 Å². The molecule has 9 heteroatoms. The predicted molar refractivity (Wildman–Crippen MR) is 114 cm³/mol. The molecular weight excluding hydrogens is 388 g/mol. The van der Waals surface area contributed by atoms with Crippen molar-refractivity contribution in [2.24, 2.45) is 21.1 Å². The molecule has 2 aromatic heterocycles. The van der Waals surface area contributed by atoms with Gasteiger partial charge in [0.15, 0.2) is 22.7 Å². The molecule has 0 radical (unpaired) electrons. The van der Waals surface area contributed by atoms with Crippen molar-refractivity contribution in [1.29, 1.82) is 0 Å². The Hall–Kier alpha value is -3.49. The van der Waals surface area contributed by atoms with Crippen LogP contribution in [0.1, 0.15) is 12.0 Å². The monoisotopic (exact) mass is 414 g/mol. The van der Waals surface area contributed by atoms with E-state index in [1.165, 1.54) is 11.6 Å². The lowest BCUT2D eigenvalue weighted by Gasteiger charge is -2.12. The van der Waals surface area contributed by atoms with E-state index in [9.17, 15) is 9.59 Å². The Balaban J connectivity index is 1.63. The van der Waals surface area contributed by atoms with Gasteiger partial charge in [-0.25, -0.2) is 4.79 Å². The summed E-state index contributed by atoms with van der Waals surface area (Å²) in [5.74, 6) is 1.33. The van der Waals surface area contributed by atoms with Crippen LogP contribution in [0, 0.1) is 0 Å². The third-order valence-corrected chi connectivity index (χ3v) is 4.82. The molecule has 0 spiro atoms. The molecule has 0 atom stereocenters. The third kappa shape index (κ3) is 3.96. The first-order valence-electron chi connectivity index (χ1n) is 9.54. The van der Waals surface area contributed by atoms with Gasteiger partial charge in [-0.15, -0.1) is 6.58 Å². The van der Waals surface area contributed by atoms with Crippen molar-refractivity contribution >= 4 is 11.2 Å². The number of hydrogen-bond donors (Lipinski definition) is 0. The molecule has 0 bridgehead atoms. The molecule has 160 valence electrons. The predicted octanol–water partition coefficient (Wildman–Crippen LogP) is 1.56. The Morgan fingerprint density at radius 1 is 1.03 bits per heavy atom. The standard InChI is InChI=1S/C21H26N4O5/c1-6-8-14-9-10-15(16(13-14)28-5)29-11-7-12-30-20-22-18-17(23(20)2)19(26)25(4)21(27)24(18)3/h6,9-10,13H,1,7-8,11-12H2,2-5H3. The van der Waals surface area contributed by atoms with E-state index in [1.54, 1.807) is 25.8 Å². The van der Waals surface area contributed by atoms with Crippen LogP contribution >= 0.6 is 0 Å². The van der Waals surface area contributed by atoms with Gasteiger partial charge in [0, 0.05) is 27.6 Å². The average molecular weight is 414 g/mol. The number of imidazole rings is 1. The molecule has 2 heterocycles. The van der Waals surface area contributed by atoms with Crippen LogP contribution in [0.3, 0.4) is 0 Å². The summed E-state index contributed by atoms with van der Waals surface area (Å²) in [6.45, 7) is 4.49. The summed E-state index contributed by atoms with van der Waals surface area (Å²) in [5.41, 5.74) is 0.864. The van der Waals surface area contributed by atoms with Gasteiger partial charge in [0.1, 0.15) is 0 Å². The van der Waals surface area contributed by atoms with E-state index in [4.69, 9.17) is 14.2 Å². The van der Waals surface area contributed by atoms with Gasteiger partial charge in [-0.05, 0) is 24.1 Å². The number of nitrogens with zero attached hydrogens (tertiary/aromatic N) is 4. The minimum Gasteiger partial charge on any atom is -0.493 e. The number of rotatable bonds is 9. The summed E-state index contributed by atoms with van der Waals surface area (Å²) in [6, 6.07) is 6.05. The van der Waals surface area contributed by atoms with Crippen LogP contribution in [0.25, 0.3) is 11.2 Å². The number of allylic oxidation sites excluding steroid dienone is 1. The van der Waals surface area contributed by atoms with E-state index in [2.05, 4.69) is 11.6 Å². The van der Waals surface area contributed by atoms with E-state index in [-0.39, 0.29) is 6.01 Å². The molecule has 3 rings (SSSR count). The number of hydrogen-bond acceptors (Lipinski definition) is 6. The summed E-state index contributed by atoms with van der Waals surface area (Å²) in [4.78, 5) is 28.8. The molecule has 0 aliphatic heterocycles. The van der Waals surface area contributed by atoms with Crippen molar-refractivity contribution < 1.29 is 14.2 Å². The summed E-state index contributed by atoms with van der Waals surface area (Å²) in [6.07, 6.45) is 3.19. The molecule has 9 nitrogen and oxygen atoms in total. The van der Waals surface area contributed by atoms with Gasteiger partial charge in [-0.3, -0.25) is 18.5 Å². The molecule has 0 saturated heterocycles. The van der Waals surface area contributed by atoms with E-state index in [0.29, 0.717) is 42.3 Å². The number of benzene rings is 1. The zero-order valence-corrected chi connectivity index (χ0v) is 17.7. The Labute approximate surface area is 173 Å². The van der Waals surface area contributed by atoms with Crippen molar-refractivity contribution in [3.63, 3.8) is 0 Å². The van der Waals surface area contributed by atoms with Gasteiger partial charge in [0.2, 0.25) is 0 Å². The van der Waals surface area contributed by atoms with Crippen LogP contribution in [-0.4, -0.2) is 39.0 Å². The molecule has 0 N–H and O–H groups in total. The van der Waals surface area contributed by atoms with Crippen LogP contribution in [0.4, 0.5) is 0 Å². The molecule has 30 heavy (non-hydrogen) atoms. The summed E-state index contributed by atoms with van der Waals surface area (Å²) in [5, 5.41) is 0. The summed E-state index contributed by atoms with van der Waals surface area (Å²) >= 11 is 0. The Kier molecular flexibility index (Phi) is 6.29. The maximum atomic E-state index is 12.4. The number of methoxy groups -OCH3 is 1. The maximum absolute atomic E-state index is 12.4. The quantitative estimate of drug-likeness (QED) is 0.390. The largest absolute Gasteiger partial charge is 0.493 e. The average Bonchev–Trinajstić information content (AvgIpc) is 3.07. The van der Waals surface area contributed by atoms with Crippen molar-refractivity contribution in [2.45, 2.75) is 12.8 Å². The zero-order valence-electron chi connectivity index (χ0n) is 17.7. The number of fused-ring (bicyclic) bond motifs is 1. The molecule has 0 unspecified atom stereocenters. The first-order chi connectivity index (χ1) is 14.4. The minimum atomic E-state index is -0.432. The van der Waals surface area contributed by atoms with Gasteiger partial charge < -0.3 is 14.2 Å². The molecule has 0 amide bonds. The van der Waals surface area contributed by atoms with Gasteiger partial charge in [-0.2, -0.15) is 4.98 Å². The third-order valence-electron chi connectivity index (χ3n) is 4.82. The molecular formula is C21H26N4O5. The van der Waals surface area contributed by atoms with Crippen molar-refractivity contribution in [1.82, 2.24) is 18.7 Å². The Morgan fingerprint density at radius 3 is 2.47 bits per heavy atom. The highest BCUT2D eigenvalue weighted by molar-refractivity contribution is 5.71. The topological polar surface area (TPSA) is 89.5 Å². The lowest BCUT2D eigenvalue weighted by Crippen LogP contribution is -2.37. The highest BCUT2D eigenvalue weighted by Gasteiger charge is 2.17.